The molecule has 0 radical (unpaired) electrons. The summed E-state index contributed by atoms with van der Waals surface area (Å²) in [5.74, 6) is 0. The van der Waals surface area contributed by atoms with Gasteiger partial charge in [-0.05, 0) is 11.0 Å². The molecule has 0 fully saturated rings. The number of fused-ring (bicyclic) bond motifs is 1. The Morgan fingerprint density at radius 2 is 2.12 bits per heavy atom. The zero-order valence-corrected chi connectivity index (χ0v) is 9.47. The topological polar surface area (TPSA) is 60.4 Å². The second kappa shape index (κ2) is 3.30. The van der Waals surface area contributed by atoms with Gasteiger partial charge in [0, 0.05) is 24.7 Å². The molecule has 0 amide bonds. The Balaban J connectivity index is 2.76. The van der Waals surface area contributed by atoms with E-state index in [2.05, 4.69) is 4.98 Å². The molecule has 0 atom stereocenters. The zero-order valence-electron chi connectivity index (χ0n) is 9.47. The zero-order chi connectivity index (χ0) is 11.9. The molecule has 2 heterocycles. The molecule has 0 N–H and O–H groups in total. The lowest BCUT2D eigenvalue weighted by molar-refractivity contribution is -0.383. The Labute approximate surface area is 92.9 Å². The summed E-state index contributed by atoms with van der Waals surface area (Å²) in [5.41, 5.74) is 1.24. The Kier molecular flexibility index (Phi) is 2.18. The van der Waals surface area contributed by atoms with Crippen molar-refractivity contribution >= 4 is 11.3 Å². The van der Waals surface area contributed by atoms with E-state index in [1.807, 2.05) is 27.0 Å². The number of imidazole rings is 1. The van der Waals surface area contributed by atoms with Gasteiger partial charge in [-0.1, -0.05) is 20.8 Å². The SMILES string of the molecule is CC(C)(C)c1cc([N+](=O)[O-])c2nccn2c1. The molecule has 0 aliphatic heterocycles. The highest BCUT2D eigenvalue weighted by molar-refractivity contribution is 5.60. The van der Waals surface area contributed by atoms with Crippen LogP contribution in [0.15, 0.2) is 24.7 Å². The molecule has 5 nitrogen and oxygen atoms in total. The predicted molar refractivity (Wildman–Crippen MR) is 60.5 cm³/mol. The van der Waals surface area contributed by atoms with Crippen molar-refractivity contribution in [3.63, 3.8) is 0 Å². The molecule has 0 saturated carbocycles. The maximum atomic E-state index is 10.9. The maximum absolute atomic E-state index is 10.9. The van der Waals surface area contributed by atoms with Crippen molar-refractivity contribution in [2.45, 2.75) is 26.2 Å². The third-order valence-electron chi connectivity index (χ3n) is 2.53. The summed E-state index contributed by atoms with van der Waals surface area (Å²) in [4.78, 5) is 14.5. The number of nitrogens with zero attached hydrogens (tertiary/aromatic N) is 3. The second-order valence-corrected chi connectivity index (χ2v) is 4.78. The van der Waals surface area contributed by atoms with Crippen molar-refractivity contribution in [3.05, 3.63) is 40.3 Å². The first-order valence-corrected chi connectivity index (χ1v) is 5.01. The standard InChI is InChI=1S/C11H13N3O2/c1-11(2,3)8-6-9(14(15)16)10-12-4-5-13(10)7-8/h4-7H,1-3H3. The summed E-state index contributed by atoms with van der Waals surface area (Å²) >= 11 is 0. The van der Waals surface area contributed by atoms with E-state index in [9.17, 15) is 10.1 Å². The van der Waals surface area contributed by atoms with Crippen molar-refractivity contribution < 1.29 is 4.92 Å². The molecule has 0 spiro atoms. The molecular weight excluding hydrogens is 206 g/mol. The van der Waals surface area contributed by atoms with Gasteiger partial charge < -0.3 is 4.40 Å². The van der Waals surface area contributed by atoms with Crippen LogP contribution in [0.4, 0.5) is 5.69 Å². The van der Waals surface area contributed by atoms with Gasteiger partial charge in [0.25, 0.3) is 0 Å². The predicted octanol–water partition coefficient (Wildman–Crippen LogP) is 2.54. The highest BCUT2D eigenvalue weighted by Gasteiger charge is 2.21. The molecule has 0 unspecified atom stereocenters. The first-order valence-electron chi connectivity index (χ1n) is 5.01. The van der Waals surface area contributed by atoms with Gasteiger partial charge in [-0.15, -0.1) is 0 Å². The van der Waals surface area contributed by atoms with E-state index in [0.717, 1.165) is 5.56 Å². The number of rotatable bonds is 1. The first kappa shape index (κ1) is 10.6. The Hall–Kier alpha value is -1.91. The van der Waals surface area contributed by atoms with Crippen molar-refractivity contribution in [3.8, 4) is 0 Å². The molecule has 0 aliphatic rings. The monoisotopic (exact) mass is 219 g/mol. The van der Waals surface area contributed by atoms with Crippen LogP contribution in [0, 0.1) is 10.1 Å². The van der Waals surface area contributed by atoms with Crippen LogP contribution >= 0.6 is 0 Å². The maximum Gasteiger partial charge on any atom is 0.312 e. The Morgan fingerprint density at radius 1 is 1.44 bits per heavy atom. The molecule has 0 aromatic carbocycles. The van der Waals surface area contributed by atoms with Crippen LogP contribution in [-0.4, -0.2) is 14.3 Å². The third kappa shape index (κ3) is 1.64. The quantitative estimate of drug-likeness (QED) is 0.547. The number of hydrogen-bond donors (Lipinski definition) is 0. The van der Waals surface area contributed by atoms with Crippen LogP contribution in [0.3, 0.4) is 0 Å². The fourth-order valence-electron chi connectivity index (χ4n) is 1.56. The summed E-state index contributed by atoms with van der Waals surface area (Å²) in [6.07, 6.45) is 5.17. The van der Waals surface area contributed by atoms with Gasteiger partial charge in [0.15, 0.2) is 0 Å². The van der Waals surface area contributed by atoms with Crippen LogP contribution in [0.25, 0.3) is 5.65 Å². The highest BCUT2D eigenvalue weighted by Crippen LogP contribution is 2.28. The highest BCUT2D eigenvalue weighted by atomic mass is 16.6. The average Bonchev–Trinajstić information content (AvgIpc) is 2.61. The molecule has 2 aromatic heterocycles. The molecule has 2 rings (SSSR count). The van der Waals surface area contributed by atoms with Crippen LogP contribution < -0.4 is 0 Å². The molecule has 16 heavy (non-hydrogen) atoms. The van der Waals surface area contributed by atoms with Crippen molar-refractivity contribution in [1.82, 2.24) is 9.38 Å². The lowest BCUT2D eigenvalue weighted by Crippen LogP contribution is -2.12. The van der Waals surface area contributed by atoms with Crippen molar-refractivity contribution in [2.24, 2.45) is 0 Å². The molecule has 0 saturated heterocycles. The summed E-state index contributed by atoms with van der Waals surface area (Å²) < 4.78 is 1.69. The van der Waals surface area contributed by atoms with Crippen LogP contribution in [0.1, 0.15) is 26.3 Å². The molecule has 0 bridgehead atoms. The summed E-state index contributed by atoms with van der Waals surface area (Å²) in [6, 6.07) is 1.60. The van der Waals surface area contributed by atoms with E-state index in [0.29, 0.717) is 5.65 Å². The first-order chi connectivity index (χ1) is 7.39. The molecule has 84 valence electrons. The molecule has 5 heteroatoms. The van der Waals surface area contributed by atoms with Crippen LogP contribution in [0.2, 0.25) is 0 Å². The van der Waals surface area contributed by atoms with E-state index < -0.39 is 4.92 Å². The number of pyridine rings is 1. The van der Waals surface area contributed by atoms with Gasteiger partial charge in [-0.2, -0.15) is 0 Å². The van der Waals surface area contributed by atoms with E-state index in [4.69, 9.17) is 0 Å². The van der Waals surface area contributed by atoms with Gasteiger partial charge in [-0.3, -0.25) is 10.1 Å². The molecule has 0 aliphatic carbocycles. The van der Waals surface area contributed by atoms with Gasteiger partial charge >= 0.3 is 5.69 Å². The number of hydrogen-bond acceptors (Lipinski definition) is 3. The minimum Gasteiger partial charge on any atom is -0.301 e. The third-order valence-corrected chi connectivity index (χ3v) is 2.53. The fourth-order valence-corrected chi connectivity index (χ4v) is 1.56. The van der Waals surface area contributed by atoms with Gasteiger partial charge in [-0.25, -0.2) is 4.98 Å². The Bertz CT molecular complexity index is 552. The fraction of sp³-hybridized carbons (Fsp3) is 0.364. The van der Waals surface area contributed by atoms with Crippen molar-refractivity contribution in [1.29, 1.82) is 0 Å². The lowest BCUT2D eigenvalue weighted by Gasteiger charge is -2.18. The second-order valence-electron chi connectivity index (χ2n) is 4.78. The van der Waals surface area contributed by atoms with E-state index in [1.165, 1.54) is 0 Å². The molecular formula is C11H13N3O2. The largest absolute Gasteiger partial charge is 0.312 e. The normalized spacial score (nSPS) is 11.9. The summed E-state index contributed by atoms with van der Waals surface area (Å²) in [6.45, 7) is 6.07. The Morgan fingerprint density at radius 3 is 2.69 bits per heavy atom. The average molecular weight is 219 g/mol. The van der Waals surface area contributed by atoms with E-state index in [-0.39, 0.29) is 11.1 Å². The minimum absolute atomic E-state index is 0.0532. The van der Waals surface area contributed by atoms with E-state index in [1.54, 1.807) is 22.9 Å². The van der Waals surface area contributed by atoms with Gasteiger partial charge in [0.05, 0.1) is 4.92 Å². The number of aromatic nitrogens is 2. The molecule has 2 aromatic rings. The minimum atomic E-state index is -0.391. The smallest absolute Gasteiger partial charge is 0.301 e. The van der Waals surface area contributed by atoms with Gasteiger partial charge in [0.1, 0.15) is 0 Å². The summed E-state index contributed by atoms with van der Waals surface area (Å²) in [5, 5.41) is 10.9. The summed E-state index contributed by atoms with van der Waals surface area (Å²) in [7, 11) is 0. The van der Waals surface area contributed by atoms with E-state index >= 15 is 0 Å². The van der Waals surface area contributed by atoms with Crippen molar-refractivity contribution in [2.75, 3.05) is 0 Å². The number of nitro groups is 1. The van der Waals surface area contributed by atoms with Crippen LogP contribution in [-0.2, 0) is 5.41 Å². The van der Waals surface area contributed by atoms with Crippen LogP contribution in [0.5, 0.6) is 0 Å². The lowest BCUT2D eigenvalue weighted by atomic mass is 9.88. The van der Waals surface area contributed by atoms with Gasteiger partial charge in [0.2, 0.25) is 5.65 Å².